The van der Waals surface area contributed by atoms with Crippen molar-refractivity contribution in [2.24, 2.45) is 0 Å². The van der Waals surface area contributed by atoms with E-state index in [0.717, 1.165) is 27.6 Å². The van der Waals surface area contributed by atoms with Gasteiger partial charge in [-0.1, -0.05) is 86.3 Å². The minimum atomic E-state index is -2.30. The van der Waals surface area contributed by atoms with Gasteiger partial charge in [-0.2, -0.15) is 8.78 Å². The largest absolute Gasteiger partial charge is 0.388 e. The molecule has 3 aromatic carbocycles. The highest BCUT2D eigenvalue weighted by atomic mass is 19.3. The molecule has 0 heterocycles. The summed E-state index contributed by atoms with van der Waals surface area (Å²) < 4.78 is 40.6. The molecular formula is C26H24F3N. The maximum absolute atomic E-state index is 14.3. The minimum absolute atomic E-state index is 0.490. The molecule has 0 saturated heterocycles. The second-order valence-corrected chi connectivity index (χ2v) is 7.40. The topological polar surface area (TPSA) is 12.0 Å². The van der Waals surface area contributed by atoms with Crippen molar-refractivity contribution in [3.63, 3.8) is 0 Å². The van der Waals surface area contributed by atoms with Gasteiger partial charge in [0.15, 0.2) is 5.83 Å². The predicted octanol–water partition coefficient (Wildman–Crippen LogP) is 7.88. The van der Waals surface area contributed by atoms with Crippen LogP contribution in [0.2, 0.25) is 0 Å². The zero-order valence-electron chi connectivity index (χ0n) is 17.1. The van der Waals surface area contributed by atoms with Gasteiger partial charge in [0.05, 0.1) is 0 Å². The lowest BCUT2D eigenvalue weighted by molar-refractivity contribution is 0.354. The molecule has 1 atom stereocenters. The quantitative estimate of drug-likeness (QED) is 0.393. The van der Waals surface area contributed by atoms with Crippen LogP contribution in [0.15, 0.2) is 96.9 Å². The summed E-state index contributed by atoms with van der Waals surface area (Å²) in [7, 11) is 1.76. The highest BCUT2D eigenvalue weighted by Gasteiger charge is 2.35. The molecule has 1 unspecified atom stereocenters. The van der Waals surface area contributed by atoms with E-state index in [0.29, 0.717) is 5.57 Å². The van der Waals surface area contributed by atoms with Crippen LogP contribution in [0, 0.1) is 0 Å². The van der Waals surface area contributed by atoms with Crippen LogP contribution in [0.1, 0.15) is 24.5 Å². The number of hydrogen-bond acceptors (Lipinski definition) is 1. The Bertz CT molecular complexity index is 1110. The lowest BCUT2D eigenvalue weighted by atomic mass is 9.71. The molecule has 0 amide bonds. The van der Waals surface area contributed by atoms with E-state index in [1.807, 2.05) is 72.8 Å². The SMILES string of the molecule is C=C(/C=C/c1ccccc1)C(C)(CC(F)=C(F)F)c1c(NC)ccc2ccccc12. The van der Waals surface area contributed by atoms with Gasteiger partial charge in [0.25, 0.3) is 0 Å². The molecule has 4 heteroatoms. The Morgan fingerprint density at radius 3 is 2.30 bits per heavy atom. The Balaban J connectivity index is 2.21. The van der Waals surface area contributed by atoms with Crippen molar-refractivity contribution >= 4 is 22.5 Å². The maximum Gasteiger partial charge on any atom is 0.301 e. The first kappa shape index (κ1) is 21.4. The molecule has 1 nitrogen and oxygen atoms in total. The van der Waals surface area contributed by atoms with Gasteiger partial charge >= 0.3 is 6.08 Å². The smallest absolute Gasteiger partial charge is 0.301 e. The lowest BCUT2D eigenvalue weighted by Crippen LogP contribution is -2.26. The number of nitrogens with one attached hydrogen (secondary N) is 1. The zero-order valence-corrected chi connectivity index (χ0v) is 17.1. The fourth-order valence-corrected chi connectivity index (χ4v) is 3.76. The normalized spacial score (nSPS) is 13.2. The van der Waals surface area contributed by atoms with E-state index < -0.39 is 23.7 Å². The second-order valence-electron chi connectivity index (χ2n) is 7.40. The lowest BCUT2D eigenvalue weighted by Gasteiger charge is -2.34. The number of allylic oxidation sites excluding steroid dienone is 3. The Kier molecular flexibility index (Phi) is 6.46. The first-order valence-corrected chi connectivity index (χ1v) is 9.69. The van der Waals surface area contributed by atoms with Crippen LogP contribution in [-0.4, -0.2) is 7.05 Å². The minimum Gasteiger partial charge on any atom is -0.388 e. The highest BCUT2D eigenvalue weighted by molar-refractivity contribution is 5.92. The van der Waals surface area contributed by atoms with Crippen LogP contribution in [0.5, 0.6) is 0 Å². The van der Waals surface area contributed by atoms with E-state index in [2.05, 4.69) is 11.9 Å². The average Bonchev–Trinajstić information content (AvgIpc) is 2.76. The molecule has 0 saturated carbocycles. The number of benzene rings is 3. The first-order chi connectivity index (χ1) is 14.4. The molecule has 30 heavy (non-hydrogen) atoms. The van der Waals surface area contributed by atoms with Crippen LogP contribution < -0.4 is 5.32 Å². The van der Waals surface area contributed by atoms with Crippen molar-refractivity contribution in [2.75, 3.05) is 12.4 Å². The molecule has 0 spiro atoms. The molecule has 0 aromatic heterocycles. The summed E-state index contributed by atoms with van der Waals surface area (Å²) >= 11 is 0. The van der Waals surface area contributed by atoms with Gasteiger partial charge < -0.3 is 5.32 Å². The third-order valence-corrected chi connectivity index (χ3v) is 5.45. The predicted molar refractivity (Wildman–Crippen MR) is 120 cm³/mol. The molecule has 154 valence electrons. The molecule has 3 rings (SSSR count). The van der Waals surface area contributed by atoms with E-state index in [4.69, 9.17) is 0 Å². The van der Waals surface area contributed by atoms with Crippen molar-refractivity contribution in [1.82, 2.24) is 0 Å². The Morgan fingerprint density at radius 1 is 0.967 bits per heavy atom. The fourth-order valence-electron chi connectivity index (χ4n) is 3.76. The number of rotatable bonds is 7. The van der Waals surface area contributed by atoms with Crippen molar-refractivity contribution in [1.29, 1.82) is 0 Å². The summed E-state index contributed by atoms with van der Waals surface area (Å²) in [5, 5.41) is 4.95. The van der Waals surface area contributed by atoms with Gasteiger partial charge in [0.2, 0.25) is 0 Å². The van der Waals surface area contributed by atoms with Gasteiger partial charge in [0, 0.05) is 24.6 Å². The molecule has 3 aromatic rings. The van der Waals surface area contributed by atoms with Crippen LogP contribution in [0.25, 0.3) is 16.8 Å². The Morgan fingerprint density at radius 2 is 1.63 bits per heavy atom. The summed E-state index contributed by atoms with van der Waals surface area (Å²) in [6, 6.07) is 21.1. The Labute approximate surface area is 175 Å². The van der Waals surface area contributed by atoms with E-state index >= 15 is 0 Å². The molecule has 0 bridgehead atoms. The van der Waals surface area contributed by atoms with E-state index in [1.54, 1.807) is 20.0 Å². The number of fused-ring (bicyclic) bond motifs is 1. The molecular weight excluding hydrogens is 383 g/mol. The van der Waals surface area contributed by atoms with E-state index in [-0.39, 0.29) is 0 Å². The maximum atomic E-state index is 14.3. The zero-order chi connectivity index (χ0) is 21.7. The summed E-state index contributed by atoms with van der Waals surface area (Å²) in [5.41, 5.74) is 1.87. The van der Waals surface area contributed by atoms with Crippen LogP contribution in [0.4, 0.5) is 18.9 Å². The molecule has 0 aliphatic rings. The molecule has 0 aliphatic heterocycles. The van der Waals surface area contributed by atoms with Crippen molar-refractivity contribution < 1.29 is 13.2 Å². The summed E-state index contributed by atoms with van der Waals surface area (Å²) in [5.74, 6) is -1.43. The number of halogens is 3. The highest BCUT2D eigenvalue weighted by Crippen LogP contribution is 2.45. The van der Waals surface area contributed by atoms with Gasteiger partial charge in [-0.05, 0) is 33.5 Å². The molecule has 0 fully saturated rings. The second kappa shape index (κ2) is 9.04. The van der Waals surface area contributed by atoms with Gasteiger partial charge in [-0.3, -0.25) is 0 Å². The fraction of sp³-hybridized carbons (Fsp3) is 0.154. The summed E-state index contributed by atoms with van der Waals surface area (Å²) in [6.45, 7) is 5.92. The van der Waals surface area contributed by atoms with Gasteiger partial charge in [-0.25, -0.2) is 4.39 Å². The van der Waals surface area contributed by atoms with E-state index in [1.165, 1.54) is 0 Å². The first-order valence-electron chi connectivity index (χ1n) is 9.69. The molecule has 0 aliphatic carbocycles. The van der Waals surface area contributed by atoms with Gasteiger partial charge in [-0.15, -0.1) is 0 Å². The number of hydrogen-bond donors (Lipinski definition) is 1. The standard InChI is InChI=1S/C26H24F3N/c1-18(13-14-19-9-5-4-6-10-19)26(2,17-22(27)25(28)29)24-21-12-8-7-11-20(21)15-16-23(24)30-3/h4-16,30H,1,17H2,2-3H3/b14-13+. The summed E-state index contributed by atoms with van der Waals surface area (Å²) in [6.07, 6.45) is 0.848. The molecule has 0 radical (unpaired) electrons. The van der Waals surface area contributed by atoms with Crippen LogP contribution >= 0.6 is 0 Å². The Hall–Kier alpha value is -3.27. The van der Waals surface area contributed by atoms with Crippen LogP contribution in [0.3, 0.4) is 0 Å². The van der Waals surface area contributed by atoms with Crippen molar-refractivity contribution in [3.8, 4) is 0 Å². The third-order valence-electron chi connectivity index (χ3n) is 5.45. The van der Waals surface area contributed by atoms with Crippen molar-refractivity contribution in [3.05, 3.63) is 108 Å². The summed E-state index contributed by atoms with van der Waals surface area (Å²) in [4.78, 5) is 0. The molecule has 1 N–H and O–H groups in total. The van der Waals surface area contributed by atoms with Crippen LogP contribution in [-0.2, 0) is 5.41 Å². The van der Waals surface area contributed by atoms with E-state index in [9.17, 15) is 13.2 Å². The average molecular weight is 407 g/mol. The third kappa shape index (κ3) is 4.33. The monoisotopic (exact) mass is 407 g/mol. The van der Waals surface area contributed by atoms with Gasteiger partial charge in [0.1, 0.15) is 0 Å². The van der Waals surface area contributed by atoms with Crippen molar-refractivity contribution in [2.45, 2.75) is 18.8 Å². The number of anilines is 1.